The molecule has 1 atom stereocenters. The molecule has 0 bridgehead atoms. The minimum Gasteiger partial charge on any atom is -0.474 e. The first-order valence-electron chi connectivity index (χ1n) is 7.49. The van der Waals surface area contributed by atoms with Crippen molar-refractivity contribution < 1.29 is 13.9 Å². The quantitative estimate of drug-likeness (QED) is 0.838. The molecular formula is C18H20ClFN2O2. The first kappa shape index (κ1) is 18.2. The number of ether oxygens (including phenoxy) is 1. The summed E-state index contributed by atoms with van der Waals surface area (Å²) in [6.45, 7) is 3.90. The molecule has 128 valence electrons. The van der Waals surface area contributed by atoms with Crippen LogP contribution in [-0.4, -0.2) is 18.0 Å². The van der Waals surface area contributed by atoms with Crippen molar-refractivity contribution in [3.05, 3.63) is 64.9 Å². The van der Waals surface area contributed by atoms with Crippen LogP contribution in [0.3, 0.4) is 0 Å². The molecule has 6 heteroatoms. The first-order valence-corrected chi connectivity index (χ1v) is 7.87. The smallest absolute Gasteiger partial charge is 0.265 e. The van der Waals surface area contributed by atoms with Gasteiger partial charge in [-0.1, -0.05) is 41.9 Å². The first-order chi connectivity index (χ1) is 11.3. The van der Waals surface area contributed by atoms with Gasteiger partial charge >= 0.3 is 0 Å². The van der Waals surface area contributed by atoms with Gasteiger partial charge in [0.1, 0.15) is 11.6 Å². The van der Waals surface area contributed by atoms with Gasteiger partial charge in [0.25, 0.3) is 5.91 Å². The number of amides is 1. The van der Waals surface area contributed by atoms with E-state index in [-0.39, 0.29) is 23.2 Å². The van der Waals surface area contributed by atoms with Crippen molar-refractivity contribution in [1.82, 2.24) is 5.32 Å². The summed E-state index contributed by atoms with van der Waals surface area (Å²) in [5.74, 6) is -0.591. The van der Waals surface area contributed by atoms with Crippen molar-refractivity contribution in [1.29, 1.82) is 0 Å². The Morgan fingerprint density at radius 3 is 2.54 bits per heavy atom. The molecule has 0 radical (unpaired) electrons. The molecule has 4 nitrogen and oxygen atoms in total. The topological polar surface area (TPSA) is 64.3 Å². The molecule has 0 aromatic heterocycles. The van der Waals surface area contributed by atoms with E-state index in [4.69, 9.17) is 22.1 Å². The van der Waals surface area contributed by atoms with E-state index in [1.807, 2.05) is 19.9 Å². The van der Waals surface area contributed by atoms with Gasteiger partial charge in [-0.2, -0.15) is 0 Å². The Labute approximate surface area is 145 Å². The van der Waals surface area contributed by atoms with Gasteiger partial charge in [-0.3, -0.25) is 4.79 Å². The van der Waals surface area contributed by atoms with Crippen molar-refractivity contribution in [2.75, 3.05) is 6.54 Å². The molecule has 2 rings (SSSR count). The fourth-order valence-corrected chi connectivity index (χ4v) is 2.22. The van der Waals surface area contributed by atoms with Crippen molar-refractivity contribution in [2.24, 2.45) is 5.73 Å². The SMILES string of the molecule is CC(C)(N)CNC(=O)C(Oc1ccc(F)cc1Cl)c1ccccc1. The van der Waals surface area contributed by atoms with Crippen molar-refractivity contribution in [3.8, 4) is 5.75 Å². The molecule has 2 aromatic rings. The number of nitrogens with one attached hydrogen (secondary N) is 1. The van der Waals surface area contributed by atoms with Crippen LogP contribution in [0.15, 0.2) is 48.5 Å². The lowest BCUT2D eigenvalue weighted by atomic mass is 10.1. The predicted octanol–water partition coefficient (Wildman–Crippen LogP) is 3.45. The molecule has 1 unspecified atom stereocenters. The summed E-state index contributed by atoms with van der Waals surface area (Å²) < 4.78 is 18.9. The number of halogens is 2. The van der Waals surface area contributed by atoms with E-state index >= 15 is 0 Å². The van der Waals surface area contributed by atoms with Gasteiger partial charge in [0.15, 0.2) is 0 Å². The molecular weight excluding hydrogens is 331 g/mol. The Hall–Kier alpha value is -2.11. The maximum absolute atomic E-state index is 13.2. The normalized spacial score (nSPS) is 12.5. The number of benzene rings is 2. The minimum absolute atomic E-state index is 0.0999. The molecule has 0 spiro atoms. The third-order valence-electron chi connectivity index (χ3n) is 3.20. The Bertz CT molecular complexity index is 702. The molecule has 0 aliphatic rings. The van der Waals surface area contributed by atoms with Gasteiger partial charge in [-0.15, -0.1) is 0 Å². The Kier molecular flexibility index (Phi) is 5.80. The highest BCUT2D eigenvalue weighted by atomic mass is 35.5. The molecule has 0 aliphatic carbocycles. The van der Waals surface area contributed by atoms with Crippen molar-refractivity contribution in [2.45, 2.75) is 25.5 Å². The van der Waals surface area contributed by atoms with E-state index in [2.05, 4.69) is 5.32 Å². The highest BCUT2D eigenvalue weighted by Gasteiger charge is 2.25. The highest BCUT2D eigenvalue weighted by molar-refractivity contribution is 6.32. The monoisotopic (exact) mass is 350 g/mol. The van der Waals surface area contributed by atoms with Crippen LogP contribution < -0.4 is 15.8 Å². The van der Waals surface area contributed by atoms with E-state index in [1.165, 1.54) is 12.1 Å². The van der Waals surface area contributed by atoms with Crippen LogP contribution in [0.1, 0.15) is 25.5 Å². The molecule has 2 aromatic carbocycles. The standard InChI is InChI=1S/C18H20ClFN2O2/c1-18(2,21)11-22-17(23)16(12-6-4-3-5-7-12)24-15-9-8-13(20)10-14(15)19/h3-10,16H,11,21H2,1-2H3,(H,22,23). The van der Waals surface area contributed by atoms with Gasteiger partial charge in [0.2, 0.25) is 6.10 Å². The Morgan fingerprint density at radius 2 is 1.96 bits per heavy atom. The summed E-state index contributed by atoms with van der Waals surface area (Å²) in [6, 6.07) is 12.8. The lowest BCUT2D eigenvalue weighted by Crippen LogP contribution is -2.46. The average molecular weight is 351 g/mol. The second kappa shape index (κ2) is 7.64. The zero-order valence-corrected chi connectivity index (χ0v) is 14.3. The largest absolute Gasteiger partial charge is 0.474 e. The van der Waals surface area contributed by atoms with E-state index in [0.29, 0.717) is 5.56 Å². The number of nitrogens with two attached hydrogens (primary N) is 1. The fraction of sp³-hybridized carbons (Fsp3) is 0.278. The third kappa shape index (κ3) is 5.22. The maximum atomic E-state index is 13.2. The van der Waals surface area contributed by atoms with Gasteiger partial charge in [0.05, 0.1) is 5.02 Å². The predicted molar refractivity (Wildman–Crippen MR) is 92.5 cm³/mol. The van der Waals surface area contributed by atoms with Gasteiger partial charge in [-0.05, 0) is 32.0 Å². The lowest BCUT2D eigenvalue weighted by molar-refractivity contribution is -0.128. The number of hydrogen-bond donors (Lipinski definition) is 2. The minimum atomic E-state index is -0.920. The maximum Gasteiger partial charge on any atom is 0.265 e. The summed E-state index contributed by atoms with van der Waals surface area (Å²) in [5.41, 5.74) is 6.00. The Morgan fingerprint density at radius 1 is 1.29 bits per heavy atom. The zero-order valence-electron chi connectivity index (χ0n) is 13.6. The van der Waals surface area contributed by atoms with Crippen LogP contribution in [0.5, 0.6) is 5.75 Å². The van der Waals surface area contributed by atoms with E-state index in [1.54, 1.807) is 24.3 Å². The van der Waals surface area contributed by atoms with Crippen molar-refractivity contribution in [3.63, 3.8) is 0 Å². The average Bonchev–Trinajstić information content (AvgIpc) is 2.52. The molecule has 0 heterocycles. The molecule has 0 fully saturated rings. The summed E-state index contributed by atoms with van der Waals surface area (Å²) in [7, 11) is 0. The lowest BCUT2D eigenvalue weighted by Gasteiger charge is -2.23. The van der Waals surface area contributed by atoms with Crippen LogP contribution in [0.2, 0.25) is 5.02 Å². The van der Waals surface area contributed by atoms with Crippen LogP contribution >= 0.6 is 11.6 Å². The van der Waals surface area contributed by atoms with E-state index in [0.717, 1.165) is 6.07 Å². The molecule has 0 saturated heterocycles. The van der Waals surface area contributed by atoms with Crippen molar-refractivity contribution >= 4 is 17.5 Å². The second-order valence-corrected chi connectivity index (χ2v) is 6.60. The molecule has 0 aliphatic heterocycles. The number of rotatable bonds is 6. The summed E-state index contributed by atoms with van der Waals surface area (Å²) in [6.07, 6.45) is -0.920. The summed E-state index contributed by atoms with van der Waals surface area (Å²) in [4.78, 5) is 12.6. The van der Waals surface area contributed by atoms with Gasteiger partial charge in [0, 0.05) is 17.6 Å². The van der Waals surface area contributed by atoms with Crippen LogP contribution in [0.4, 0.5) is 4.39 Å². The van der Waals surface area contributed by atoms with Crippen LogP contribution in [0.25, 0.3) is 0 Å². The number of carbonyl (C=O) groups is 1. The van der Waals surface area contributed by atoms with Crippen LogP contribution in [0, 0.1) is 5.82 Å². The summed E-state index contributed by atoms with van der Waals surface area (Å²) in [5, 5.41) is 2.87. The molecule has 0 saturated carbocycles. The van der Waals surface area contributed by atoms with E-state index in [9.17, 15) is 9.18 Å². The number of hydrogen-bond acceptors (Lipinski definition) is 3. The highest BCUT2D eigenvalue weighted by Crippen LogP contribution is 2.30. The summed E-state index contributed by atoms with van der Waals surface area (Å²) >= 11 is 6.00. The van der Waals surface area contributed by atoms with Crippen LogP contribution in [-0.2, 0) is 4.79 Å². The second-order valence-electron chi connectivity index (χ2n) is 6.19. The fourth-order valence-electron chi connectivity index (χ4n) is 2.01. The van der Waals surface area contributed by atoms with E-state index < -0.39 is 17.5 Å². The molecule has 1 amide bonds. The number of carbonyl (C=O) groups excluding carboxylic acids is 1. The Balaban J connectivity index is 2.25. The van der Waals surface area contributed by atoms with Gasteiger partial charge in [-0.25, -0.2) is 4.39 Å². The molecule has 24 heavy (non-hydrogen) atoms. The molecule has 3 N–H and O–H groups in total. The zero-order chi connectivity index (χ0) is 17.7. The third-order valence-corrected chi connectivity index (χ3v) is 3.49. The van der Waals surface area contributed by atoms with Gasteiger partial charge < -0.3 is 15.8 Å².